The number of benzene rings is 1. The fourth-order valence-electron chi connectivity index (χ4n) is 4.17. The van der Waals surface area contributed by atoms with E-state index in [4.69, 9.17) is 9.47 Å². The van der Waals surface area contributed by atoms with Gasteiger partial charge in [-0.2, -0.15) is 0 Å². The molecule has 156 valence electrons. The van der Waals surface area contributed by atoms with E-state index in [1.165, 1.54) is 45.3 Å². The van der Waals surface area contributed by atoms with Crippen molar-refractivity contribution in [2.45, 2.75) is 32.1 Å². The summed E-state index contributed by atoms with van der Waals surface area (Å²) in [5, 5.41) is 3.50. The zero-order valence-electron chi connectivity index (χ0n) is 17.5. The standard InChI is InChI=1S/C22H36N4O2/c1-23-22(24-11-7-15-28-21-9-6-8-20(16-21)27-2)26-14-10-19(18-26)17-25-12-4-3-5-13-25/h6,8-9,16,19H,3-5,7,10-15,17-18H2,1-2H3,(H,23,24). The van der Waals surface area contributed by atoms with Crippen molar-refractivity contribution in [2.24, 2.45) is 10.9 Å². The molecule has 0 saturated carbocycles. The van der Waals surface area contributed by atoms with Crippen molar-refractivity contribution in [1.29, 1.82) is 0 Å². The van der Waals surface area contributed by atoms with Crippen LogP contribution in [0, 0.1) is 5.92 Å². The molecule has 1 N–H and O–H groups in total. The highest BCUT2D eigenvalue weighted by molar-refractivity contribution is 5.80. The Morgan fingerprint density at radius 2 is 2.00 bits per heavy atom. The maximum atomic E-state index is 5.81. The molecule has 0 radical (unpaired) electrons. The van der Waals surface area contributed by atoms with Gasteiger partial charge in [-0.25, -0.2) is 0 Å². The molecule has 0 spiro atoms. The highest BCUT2D eigenvalue weighted by Crippen LogP contribution is 2.20. The van der Waals surface area contributed by atoms with Crippen molar-refractivity contribution < 1.29 is 9.47 Å². The van der Waals surface area contributed by atoms with Gasteiger partial charge in [-0.15, -0.1) is 0 Å². The highest BCUT2D eigenvalue weighted by Gasteiger charge is 2.26. The summed E-state index contributed by atoms with van der Waals surface area (Å²) in [5.74, 6) is 3.48. The smallest absolute Gasteiger partial charge is 0.193 e. The molecule has 3 rings (SSSR count). The van der Waals surface area contributed by atoms with Crippen molar-refractivity contribution in [3.05, 3.63) is 24.3 Å². The minimum absolute atomic E-state index is 0.675. The molecular formula is C22H36N4O2. The summed E-state index contributed by atoms with van der Waals surface area (Å²) in [6, 6.07) is 7.75. The van der Waals surface area contributed by atoms with Crippen molar-refractivity contribution in [2.75, 3.05) is 60.0 Å². The number of guanidine groups is 1. The lowest BCUT2D eigenvalue weighted by molar-refractivity contribution is 0.198. The zero-order chi connectivity index (χ0) is 19.6. The molecule has 2 heterocycles. The summed E-state index contributed by atoms with van der Waals surface area (Å²) in [6.45, 7) is 7.60. The Kier molecular flexibility index (Phi) is 8.27. The molecule has 1 unspecified atom stereocenters. The van der Waals surface area contributed by atoms with E-state index in [-0.39, 0.29) is 0 Å². The van der Waals surface area contributed by atoms with Crippen molar-refractivity contribution in [3.63, 3.8) is 0 Å². The average Bonchev–Trinajstić information content (AvgIpc) is 3.19. The van der Waals surface area contributed by atoms with Crippen molar-refractivity contribution in [3.8, 4) is 11.5 Å². The third-order valence-electron chi connectivity index (χ3n) is 5.68. The molecule has 0 aliphatic carbocycles. The van der Waals surface area contributed by atoms with Crippen LogP contribution in [0.2, 0.25) is 0 Å². The first-order valence-electron chi connectivity index (χ1n) is 10.7. The van der Waals surface area contributed by atoms with Crippen LogP contribution in [-0.4, -0.2) is 75.8 Å². The molecule has 28 heavy (non-hydrogen) atoms. The molecule has 2 aliphatic rings. The summed E-state index contributed by atoms with van der Waals surface area (Å²) < 4.78 is 11.0. The van der Waals surface area contributed by atoms with Gasteiger partial charge in [0, 0.05) is 39.3 Å². The largest absolute Gasteiger partial charge is 0.497 e. The third kappa shape index (κ3) is 6.30. The zero-order valence-corrected chi connectivity index (χ0v) is 17.5. The third-order valence-corrected chi connectivity index (χ3v) is 5.68. The Balaban J connectivity index is 1.33. The predicted molar refractivity (Wildman–Crippen MR) is 114 cm³/mol. The molecule has 0 aromatic heterocycles. The number of nitrogens with one attached hydrogen (secondary N) is 1. The van der Waals surface area contributed by atoms with Crippen molar-refractivity contribution in [1.82, 2.24) is 15.1 Å². The second-order valence-electron chi connectivity index (χ2n) is 7.82. The van der Waals surface area contributed by atoms with Gasteiger partial charge in [0.05, 0.1) is 13.7 Å². The first-order valence-corrected chi connectivity index (χ1v) is 10.7. The van der Waals surface area contributed by atoms with E-state index in [1.54, 1.807) is 7.11 Å². The maximum Gasteiger partial charge on any atom is 0.193 e. The molecule has 1 aromatic carbocycles. The molecule has 0 bridgehead atoms. The van der Waals surface area contributed by atoms with Gasteiger partial charge in [0.1, 0.15) is 11.5 Å². The van der Waals surface area contributed by atoms with E-state index in [0.717, 1.165) is 49.4 Å². The minimum atomic E-state index is 0.675. The summed E-state index contributed by atoms with van der Waals surface area (Å²) in [4.78, 5) is 9.56. The van der Waals surface area contributed by atoms with Gasteiger partial charge < -0.3 is 24.6 Å². The predicted octanol–water partition coefficient (Wildman–Crippen LogP) is 2.85. The Hall–Kier alpha value is -1.95. The molecule has 1 atom stereocenters. The van der Waals surface area contributed by atoms with E-state index in [2.05, 4.69) is 20.1 Å². The minimum Gasteiger partial charge on any atom is -0.497 e. The fourth-order valence-corrected chi connectivity index (χ4v) is 4.17. The van der Waals surface area contributed by atoms with Crippen LogP contribution in [0.15, 0.2) is 29.3 Å². The summed E-state index contributed by atoms with van der Waals surface area (Å²) in [7, 11) is 3.55. The summed E-state index contributed by atoms with van der Waals surface area (Å²) >= 11 is 0. The van der Waals surface area contributed by atoms with Crippen LogP contribution in [0.3, 0.4) is 0 Å². The summed E-state index contributed by atoms with van der Waals surface area (Å²) in [5.41, 5.74) is 0. The second kappa shape index (κ2) is 11.1. The number of hydrogen-bond acceptors (Lipinski definition) is 4. The number of piperidine rings is 1. The SMILES string of the molecule is CN=C(NCCCOc1cccc(OC)c1)N1CCC(CN2CCCCC2)C1. The van der Waals surface area contributed by atoms with Crippen LogP contribution in [0.1, 0.15) is 32.1 Å². The van der Waals surface area contributed by atoms with Gasteiger partial charge in [-0.05, 0) is 56.8 Å². The normalized spacial score (nSPS) is 21.0. The topological polar surface area (TPSA) is 49.3 Å². The number of ether oxygens (including phenoxy) is 2. The fraction of sp³-hybridized carbons (Fsp3) is 0.682. The number of hydrogen-bond donors (Lipinski definition) is 1. The van der Waals surface area contributed by atoms with E-state index < -0.39 is 0 Å². The number of methoxy groups -OCH3 is 1. The van der Waals surface area contributed by atoms with E-state index >= 15 is 0 Å². The monoisotopic (exact) mass is 388 g/mol. The summed E-state index contributed by atoms with van der Waals surface area (Å²) in [6.07, 6.45) is 6.36. The molecule has 2 fully saturated rings. The van der Waals surface area contributed by atoms with Crippen LogP contribution < -0.4 is 14.8 Å². The molecule has 2 aliphatic heterocycles. The van der Waals surface area contributed by atoms with E-state index in [1.807, 2.05) is 31.3 Å². The molecule has 6 heteroatoms. The van der Waals surface area contributed by atoms with Gasteiger partial charge in [-0.1, -0.05) is 12.5 Å². The van der Waals surface area contributed by atoms with E-state index in [0.29, 0.717) is 6.61 Å². The van der Waals surface area contributed by atoms with Crippen LogP contribution in [-0.2, 0) is 0 Å². The molecule has 2 saturated heterocycles. The van der Waals surface area contributed by atoms with Crippen LogP contribution >= 0.6 is 0 Å². The van der Waals surface area contributed by atoms with Gasteiger partial charge in [0.15, 0.2) is 5.96 Å². The number of aliphatic imine (C=N–C) groups is 1. The molecule has 6 nitrogen and oxygen atoms in total. The second-order valence-corrected chi connectivity index (χ2v) is 7.82. The van der Waals surface area contributed by atoms with Crippen LogP contribution in [0.5, 0.6) is 11.5 Å². The van der Waals surface area contributed by atoms with E-state index in [9.17, 15) is 0 Å². The van der Waals surface area contributed by atoms with Gasteiger partial charge in [0.2, 0.25) is 0 Å². The maximum absolute atomic E-state index is 5.81. The van der Waals surface area contributed by atoms with Gasteiger partial charge >= 0.3 is 0 Å². The first-order chi connectivity index (χ1) is 13.8. The first kappa shape index (κ1) is 20.8. The lowest BCUT2D eigenvalue weighted by Crippen LogP contribution is -2.41. The Morgan fingerprint density at radius 1 is 1.18 bits per heavy atom. The number of likely N-dealkylation sites (tertiary alicyclic amines) is 2. The number of nitrogens with zero attached hydrogens (tertiary/aromatic N) is 3. The van der Waals surface area contributed by atoms with Gasteiger partial charge in [0.25, 0.3) is 0 Å². The molecular weight excluding hydrogens is 352 g/mol. The highest BCUT2D eigenvalue weighted by atomic mass is 16.5. The quantitative estimate of drug-likeness (QED) is 0.422. The Labute approximate surface area is 169 Å². The molecule has 1 aromatic rings. The number of rotatable bonds is 8. The van der Waals surface area contributed by atoms with Crippen LogP contribution in [0.25, 0.3) is 0 Å². The van der Waals surface area contributed by atoms with Crippen LogP contribution in [0.4, 0.5) is 0 Å². The molecule has 0 amide bonds. The lowest BCUT2D eigenvalue weighted by Gasteiger charge is -2.29. The Morgan fingerprint density at radius 3 is 2.79 bits per heavy atom. The van der Waals surface area contributed by atoms with Crippen molar-refractivity contribution >= 4 is 5.96 Å². The van der Waals surface area contributed by atoms with Gasteiger partial charge in [-0.3, -0.25) is 4.99 Å². The Bertz CT molecular complexity index is 616. The lowest BCUT2D eigenvalue weighted by atomic mass is 10.1. The average molecular weight is 389 g/mol.